The van der Waals surface area contributed by atoms with Gasteiger partial charge in [-0.2, -0.15) is 0 Å². The number of thiophene rings is 1. The molecule has 4 nitrogen and oxygen atoms in total. The molecule has 3 heterocycles. The number of rotatable bonds is 5. The smallest absolute Gasteiger partial charge is 0.164 e. The fourth-order valence-electron chi connectivity index (χ4n) is 7.29. The van der Waals surface area contributed by atoms with Crippen LogP contribution in [0.3, 0.4) is 0 Å². The Balaban J connectivity index is 1.09. The van der Waals surface area contributed by atoms with Crippen molar-refractivity contribution in [3.8, 4) is 51.0 Å². The summed E-state index contributed by atoms with van der Waals surface area (Å²) in [6, 6.07) is 58.0. The summed E-state index contributed by atoms with van der Waals surface area (Å²) in [4.78, 5) is 14.8. The maximum absolute atomic E-state index is 4.98. The van der Waals surface area contributed by atoms with Gasteiger partial charge in [0.2, 0.25) is 0 Å². The summed E-state index contributed by atoms with van der Waals surface area (Å²) in [5.41, 5.74) is 9.96. The first kappa shape index (κ1) is 29.5. The van der Waals surface area contributed by atoms with E-state index in [1.165, 1.54) is 53.1 Å². The standard InChI is InChI=1S/C46H30N4S/c1-29-11-9-14-33(27-29)46-48-44(30-12-3-2-4-13-30)47-45(49-46)31-21-24-34(25-22-31)50-40-19-7-5-15-36(40)39-28-32(23-26-41(39)50)35-17-10-18-38-37-16-6-8-20-42(37)51-43(35)38/h2-28H,1H3. The Kier molecular flexibility index (Phi) is 6.86. The Hall–Kier alpha value is -6.43. The van der Waals surface area contributed by atoms with Gasteiger partial charge < -0.3 is 4.57 Å². The van der Waals surface area contributed by atoms with Crippen molar-refractivity contribution in [1.82, 2.24) is 19.5 Å². The molecular formula is C46H30N4S. The van der Waals surface area contributed by atoms with Gasteiger partial charge in [0.05, 0.1) is 11.0 Å². The minimum atomic E-state index is 0.647. The lowest BCUT2D eigenvalue weighted by Gasteiger charge is -2.11. The minimum absolute atomic E-state index is 0.647. The molecule has 0 aliphatic carbocycles. The highest BCUT2D eigenvalue weighted by molar-refractivity contribution is 7.26. The summed E-state index contributed by atoms with van der Waals surface area (Å²) in [6.07, 6.45) is 0. The Morgan fingerprint density at radius 1 is 0.431 bits per heavy atom. The van der Waals surface area contributed by atoms with Crippen molar-refractivity contribution in [1.29, 1.82) is 0 Å². The van der Waals surface area contributed by atoms with E-state index in [1.807, 2.05) is 47.7 Å². The fourth-order valence-corrected chi connectivity index (χ4v) is 8.53. The average Bonchev–Trinajstić information content (AvgIpc) is 3.74. The molecule has 51 heavy (non-hydrogen) atoms. The summed E-state index contributed by atoms with van der Waals surface area (Å²) in [6.45, 7) is 2.09. The molecule has 240 valence electrons. The number of aromatic nitrogens is 4. The maximum Gasteiger partial charge on any atom is 0.164 e. The van der Waals surface area contributed by atoms with Crippen molar-refractivity contribution >= 4 is 53.3 Å². The van der Waals surface area contributed by atoms with Crippen LogP contribution < -0.4 is 0 Å². The summed E-state index contributed by atoms with van der Waals surface area (Å²) in [7, 11) is 0. The molecule has 0 radical (unpaired) electrons. The van der Waals surface area contributed by atoms with E-state index in [4.69, 9.17) is 15.0 Å². The van der Waals surface area contributed by atoms with Crippen LogP contribution in [0.2, 0.25) is 0 Å². The van der Waals surface area contributed by atoms with Crippen LogP contribution in [-0.4, -0.2) is 19.5 Å². The number of nitrogens with zero attached hydrogens (tertiary/aromatic N) is 4. The normalized spacial score (nSPS) is 11.6. The zero-order valence-electron chi connectivity index (χ0n) is 27.8. The Morgan fingerprint density at radius 2 is 1.04 bits per heavy atom. The molecule has 10 rings (SSSR count). The third-order valence-electron chi connectivity index (χ3n) is 9.72. The van der Waals surface area contributed by atoms with Crippen LogP contribution in [0.5, 0.6) is 0 Å². The first-order chi connectivity index (χ1) is 25.2. The zero-order valence-corrected chi connectivity index (χ0v) is 28.6. The highest BCUT2D eigenvalue weighted by Crippen LogP contribution is 2.42. The summed E-state index contributed by atoms with van der Waals surface area (Å²) >= 11 is 1.87. The van der Waals surface area contributed by atoms with Crippen molar-refractivity contribution < 1.29 is 0 Å². The van der Waals surface area contributed by atoms with E-state index in [9.17, 15) is 0 Å². The number of hydrogen-bond donors (Lipinski definition) is 0. The molecule has 10 aromatic rings. The first-order valence-corrected chi connectivity index (χ1v) is 17.9. The topological polar surface area (TPSA) is 43.6 Å². The maximum atomic E-state index is 4.98. The lowest BCUT2D eigenvalue weighted by molar-refractivity contribution is 1.07. The van der Waals surface area contributed by atoms with E-state index in [0.29, 0.717) is 17.5 Å². The molecule has 0 fully saturated rings. The van der Waals surface area contributed by atoms with E-state index in [-0.39, 0.29) is 0 Å². The number of fused-ring (bicyclic) bond motifs is 6. The van der Waals surface area contributed by atoms with Gasteiger partial charge in [0.1, 0.15) is 0 Å². The van der Waals surface area contributed by atoms with E-state index >= 15 is 0 Å². The predicted octanol–water partition coefficient (Wildman–Crippen LogP) is 12.3. The molecule has 3 aromatic heterocycles. The largest absolute Gasteiger partial charge is 0.309 e. The molecule has 0 saturated carbocycles. The van der Waals surface area contributed by atoms with Gasteiger partial charge in [-0.05, 0) is 72.6 Å². The Morgan fingerprint density at radius 3 is 1.84 bits per heavy atom. The van der Waals surface area contributed by atoms with Crippen molar-refractivity contribution in [2.24, 2.45) is 0 Å². The molecule has 0 unspecified atom stereocenters. The van der Waals surface area contributed by atoms with Gasteiger partial charge in [0.25, 0.3) is 0 Å². The number of para-hydroxylation sites is 1. The van der Waals surface area contributed by atoms with Crippen LogP contribution in [0.25, 0.3) is 93.0 Å². The molecule has 5 heteroatoms. The number of hydrogen-bond acceptors (Lipinski definition) is 4. The Bertz CT molecular complexity index is 2920. The molecule has 7 aromatic carbocycles. The molecule has 0 amide bonds. The first-order valence-electron chi connectivity index (χ1n) is 17.1. The van der Waals surface area contributed by atoms with Crippen LogP contribution in [0.15, 0.2) is 164 Å². The minimum Gasteiger partial charge on any atom is -0.309 e. The van der Waals surface area contributed by atoms with Gasteiger partial charge in [-0.3, -0.25) is 0 Å². The molecule has 0 aliphatic rings. The van der Waals surface area contributed by atoms with Crippen molar-refractivity contribution in [2.75, 3.05) is 0 Å². The van der Waals surface area contributed by atoms with Crippen LogP contribution >= 0.6 is 11.3 Å². The molecule has 0 spiro atoms. The van der Waals surface area contributed by atoms with E-state index in [2.05, 4.69) is 139 Å². The third kappa shape index (κ3) is 5.01. The van der Waals surface area contributed by atoms with Crippen LogP contribution in [0, 0.1) is 6.92 Å². The second kappa shape index (κ2) is 11.9. The van der Waals surface area contributed by atoms with Crippen molar-refractivity contribution in [3.63, 3.8) is 0 Å². The second-order valence-electron chi connectivity index (χ2n) is 13.0. The molecule has 0 atom stereocenters. The second-order valence-corrected chi connectivity index (χ2v) is 14.0. The van der Waals surface area contributed by atoms with Crippen LogP contribution in [0.1, 0.15) is 5.56 Å². The van der Waals surface area contributed by atoms with Gasteiger partial charge in [0, 0.05) is 53.3 Å². The van der Waals surface area contributed by atoms with Crippen LogP contribution in [0.4, 0.5) is 0 Å². The quantitative estimate of drug-likeness (QED) is 0.183. The molecule has 0 saturated heterocycles. The molecule has 0 N–H and O–H groups in total. The van der Waals surface area contributed by atoms with Gasteiger partial charge >= 0.3 is 0 Å². The van der Waals surface area contributed by atoms with Gasteiger partial charge in [0.15, 0.2) is 17.5 Å². The van der Waals surface area contributed by atoms with Crippen molar-refractivity contribution in [3.05, 3.63) is 169 Å². The SMILES string of the molecule is Cc1cccc(-c2nc(-c3ccccc3)nc(-c3ccc(-n4c5ccccc5c5cc(-c6cccc7c6sc6ccccc67)ccc54)cc3)n2)c1. The fraction of sp³-hybridized carbons (Fsp3) is 0.0217. The molecular weight excluding hydrogens is 641 g/mol. The van der Waals surface area contributed by atoms with Crippen molar-refractivity contribution in [2.45, 2.75) is 6.92 Å². The highest BCUT2D eigenvalue weighted by Gasteiger charge is 2.17. The highest BCUT2D eigenvalue weighted by atomic mass is 32.1. The Labute approximate surface area is 299 Å². The zero-order chi connectivity index (χ0) is 33.9. The lowest BCUT2D eigenvalue weighted by Crippen LogP contribution is -2.00. The average molecular weight is 671 g/mol. The van der Waals surface area contributed by atoms with Gasteiger partial charge in [-0.15, -0.1) is 11.3 Å². The molecule has 0 aliphatic heterocycles. The van der Waals surface area contributed by atoms with Gasteiger partial charge in [-0.25, -0.2) is 15.0 Å². The lowest BCUT2D eigenvalue weighted by atomic mass is 10.0. The third-order valence-corrected chi connectivity index (χ3v) is 10.9. The summed E-state index contributed by atoms with van der Waals surface area (Å²) in [5, 5.41) is 5.10. The predicted molar refractivity (Wildman–Crippen MR) is 214 cm³/mol. The molecule has 0 bridgehead atoms. The number of aryl methyl sites for hydroxylation is 1. The van der Waals surface area contributed by atoms with E-state index < -0.39 is 0 Å². The van der Waals surface area contributed by atoms with E-state index in [0.717, 1.165) is 27.9 Å². The van der Waals surface area contributed by atoms with Crippen LogP contribution in [-0.2, 0) is 0 Å². The number of benzene rings is 7. The summed E-state index contributed by atoms with van der Waals surface area (Å²) in [5.74, 6) is 1.97. The van der Waals surface area contributed by atoms with Gasteiger partial charge in [-0.1, -0.05) is 115 Å². The monoisotopic (exact) mass is 670 g/mol. The summed E-state index contributed by atoms with van der Waals surface area (Å²) < 4.78 is 5.01. The van der Waals surface area contributed by atoms with E-state index in [1.54, 1.807) is 0 Å².